The van der Waals surface area contributed by atoms with E-state index in [1.165, 1.54) is 6.21 Å². The molecule has 2 aromatic carbocycles. The fourth-order valence-corrected chi connectivity index (χ4v) is 2.21. The van der Waals surface area contributed by atoms with Crippen LogP contribution in [-0.2, 0) is 4.79 Å². The summed E-state index contributed by atoms with van der Waals surface area (Å²) >= 11 is 0. The topological polar surface area (TPSA) is 63.6 Å². The molecule has 0 fully saturated rings. The van der Waals surface area contributed by atoms with Gasteiger partial charge in [-0.2, -0.15) is 5.10 Å². The number of carbonyl (C=O) groups is 1. The van der Waals surface area contributed by atoms with E-state index in [0.29, 0.717) is 5.75 Å². The molecule has 1 heterocycles. The molecule has 5 nitrogen and oxygen atoms in total. The number of rotatable bonds is 5. The van der Waals surface area contributed by atoms with Gasteiger partial charge < -0.3 is 4.74 Å². The maximum Gasteiger partial charge on any atom is 0.280 e. The summed E-state index contributed by atoms with van der Waals surface area (Å²) in [5, 5.41) is 6.10. The van der Waals surface area contributed by atoms with Crippen molar-refractivity contribution >= 4 is 22.9 Å². The summed E-state index contributed by atoms with van der Waals surface area (Å²) in [6.07, 6.45) is 4.21. The third-order valence-corrected chi connectivity index (χ3v) is 3.48. The van der Waals surface area contributed by atoms with E-state index in [-0.39, 0.29) is 5.91 Å². The Kier molecular flexibility index (Phi) is 4.81. The molecule has 120 valence electrons. The van der Waals surface area contributed by atoms with Gasteiger partial charge in [0.05, 0.1) is 6.21 Å². The number of pyridine rings is 1. The number of benzene rings is 2. The minimum absolute atomic E-state index is 0.316. The average Bonchev–Trinajstić information content (AvgIpc) is 2.62. The van der Waals surface area contributed by atoms with Crippen molar-refractivity contribution in [1.29, 1.82) is 0 Å². The lowest BCUT2D eigenvalue weighted by Crippen LogP contribution is -2.33. The monoisotopic (exact) mass is 319 g/mol. The fraction of sp³-hybridized carbons (Fsp3) is 0.105. The lowest BCUT2D eigenvalue weighted by Gasteiger charge is -2.13. The minimum atomic E-state index is -0.655. The standard InChI is InChI=1S/C19H17N3O2/c1-14(19(23)22-21-13-15-5-4-10-20-12-15)24-18-9-8-16-6-2-3-7-17(16)11-18/h2-14H,1H3,(H,22,23)/b21-13-/t14-/m0/s1. The number of ether oxygens (including phenoxy) is 1. The Balaban J connectivity index is 1.59. The maximum atomic E-state index is 12.0. The van der Waals surface area contributed by atoms with Gasteiger partial charge >= 0.3 is 0 Å². The lowest BCUT2D eigenvalue weighted by molar-refractivity contribution is -0.127. The predicted molar refractivity (Wildman–Crippen MR) is 94.0 cm³/mol. The molecule has 1 atom stereocenters. The van der Waals surface area contributed by atoms with Gasteiger partial charge in [0.2, 0.25) is 0 Å². The molecule has 0 aliphatic rings. The molecule has 0 aliphatic heterocycles. The number of nitrogens with zero attached hydrogens (tertiary/aromatic N) is 2. The molecular formula is C19H17N3O2. The second-order valence-corrected chi connectivity index (χ2v) is 5.29. The highest BCUT2D eigenvalue weighted by Gasteiger charge is 2.14. The van der Waals surface area contributed by atoms with Gasteiger partial charge in [-0.05, 0) is 35.9 Å². The average molecular weight is 319 g/mol. The maximum absolute atomic E-state index is 12.0. The Labute approximate surface area is 140 Å². The van der Waals surface area contributed by atoms with Crippen molar-refractivity contribution < 1.29 is 9.53 Å². The van der Waals surface area contributed by atoms with Crippen LogP contribution in [0.4, 0.5) is 0 Å². The van der Waals surface area contributed by atoms with Crippen LogP contribution in [0.1, 0.15) is 12.5 Å². The zero-order valence-electron chi connectivity index (χ0n) is 13.2. The van der Waals surface area contributed by atoms with E-state index in [4.69, 9.17) is 4.74 Å². The first-order valence-corrected chi connectivity index (χ1v) is 7.61. The molecule has 24 heavy (non-hydrogen) atoms. The van der Waals surface area contributed by atoms with Crippen LogP contribution in [0.15, 0.2) is 72.1 Å². The summed E-state index contributed by atoms with van der Waals surface area (Å²) in [5.74, 6) is 0.330. The van der Waals surface area contributed by atoms with Crippen LogP contribution < -0.4 is 10.2 Å². The molecule has 0 radical (unpaired) electrons. The van der Waals surface area contributed by atoms with Crippen LogP contribution in [-0.4, -0.2) is 23.2 Å². The Morgan fingerprint density at radius 2 is 2.00 bits per heavy atom. The van der Waals surface area contributed by atoms with Crippen molar-refractivity contribution in [3.05, 3.63) is 72.6 Å². The Hall–Kier alpha value is -3.21. The minimum Gasteiger partial charge on any atom is -0.481 e. The number of amides is 1. The SMILES string of the molecule is C[C@H](Oc1ccc2ccccc2c1)C(=O)N/N=C\c1cccnc1. The fourth-order valence-electron chi connectivity index (χ4n) is 2.21. The summed E-state index contributed by atoms with van der Waals surface area (Å²) in [4.78, 5) is 16.0. The molecule has 0 aliphatic carbocycles. The van der Waals surface area contributed by atoms with Crippen LogP contribution in [0.2, 0.25) is 0 Å². The second kappa shape index (κ2) is 7.37. The summed E-state index contributed by atoms with van der Waals surface area (Å²) in [6.45, 7) is 1.68. The van der Waals surface area contributed by atoms with Crippen molar-refractivity contribution in [3.63, 3.8) is 0 Å². The summed E-state index contributed by atoms with van der Waals surface area (Å²) < 4.78 is 5.69. The number of aromatic nitrogens is 1. The number of nitrogens with one attached hydrogen (secondary N) is 1. The second-order valence-electron chi connectivity index (χ2n) is 5.29. The van der Waals surface area contributed by atoms with E-state index < -0.39 is 6.10 Å². The van der Waals surface area contributed by atoms with Crippen molar-refractivity contribution in [2.24, 2.45) is 5.10 Å². The molecule has 3 rings (SSSR count). The highest BCUT2D eigenvalue weighted by molar-refractivity contribution is 5.85. The molecule has 1 aromatic heterocycles. The zero-order chi connectivity index (χ0) is 16.8. The number of hydrogen-bond donors (Lipinski definition) is 1. The van der Waals surface area contributed by atoms with E-state index in [0.717, 1.165) is 16.3 Å². The third-order valence-electron chi connectivity index (χ3n) is 3.48. The molecule has 1 amide bonds. The van der Waals surface area contributed by atoms with E-state index in [1.807, 2.05) is 48.5 Å². The van der Waals surface area contributed by atoms with Gasteiger partial charge in [-0.25, -0.2) is 5.43 Å². The Morgan fingerprint density at radius 1 is 1.17 bits per heavy atom. The quantitative estimate of drug-likeness (QED) is 0.580. The van der Waals surface area contributed by atoms with E-state index >= 15 is 0 Å². The largest absolute Gasteiger partial charge is 0.481 e. The van der Waals surface area contributed by atoms with Crippen LogP contribution in [0.3, 0.4) is 0 Å². The highest BCUT2D eigenvalue weighted by atomic mass is 16.5. The third kappa shape index (κ3) is 3.95. The Bertz CT molecular complexity index is 863. The summed E-state index contributed by atoms with van der Waals surface area (Å²) in [5.41, 5.74) is 3.27. The molecule has 0 spiro atoms. The van der Waals surface area contributed by atoms with Crippen LogP contribution in [0.5, 0.6) is 5.75 Å². The lowest BCUT2D eigenvalue weighted by atomic mass is 10.1. The van der Waals surface area contributed by atoms with Crippen LogP contribution >= 0.6 is 0 Å². The first-order valence-electron chi connectivity index (χ1n) is 7.61. The van der Waals surface area contributed by atoms with Crippen LogP contribution in [0, 0.1) is 0 Å². The molecule has 5 heteroatoms. The smallest absolute Gasteiger partial charge is 0.280 e. The van der Waals surface area contributed by atoms with Gasteiger partial charge in [0.1, 0.15) is 5.75 Å². The van der Waals surface area contributed by atoms with Gasteiger partial charge in [-0.1, -0.05) is 36.4 Å². The number of hydrazone groups is 1. The van der Waals surface area contributed by atoms with Crippen molar-refractivity contribution in [2.45, 2.75) is 13.0 Å². The molecule has 0 unspecified atom stereocenters. The molecular weight excluding hydrogens is 302 g/mol. The normalized spacial score (nSPS) is 12.2. The van der Waals surface area contributed by atoms with E-state index in [9.17, 15) is 4.79 Å². The molecule has 1 N–H and O–H groups in total. The molecule has 0 saturated heterocycles. The molecule has 0 saturated carbocycles. The van der Waals surface area contributed by atoms with Gasteiger partial charge in [-0.3, -0.25) is 9.78 Å². The summed E-state index contributed by atoms with van der Waals surface area (Å²) in [7, 11) is 0. The first kappa shape index (κ1) is 15.7. The van der Waals surface area contributed by atoms with Crippen molar-refractivity contribution in [2.75, 3.05) is 0 Å². The zero-order valence-corrected chi connectivity index (χ0v) is 13.2. The first-order chi connectivity index (χ1) is 11.7. The van der Waals surface area contributed by atoms with E-state index in [2.05, 4.69) is 15.5 Å². The van der Waals surface area contributed by atoms with Gasteiger partial charge in [0.25, 0.3) is 5.91 Å². The van der Waals surface area contributed by atoms with Crippen molar-refractivity contribution in [3.8, 4) is 5.75 Å². The van der Waals surface area contributed by atoms with E-state index in [1.54, 1.807) is 25.4 Å². The highest BCUT2D eigenvalue weighted by Crippen LogP contribution is 2.21. The van der Waals surface area contributed by atoms with Gasteiger partial charge in [0, 0.05) is 18.0 Å². The summed E-state index contributed by atoms with van der Waals surface area (Å²) in [6, 6.07) is 17.4. The number of fused-ring (bicyclic) bond motifs is 1. The number of hydrogen-bond acceptors (Lipinski definition) is 4. The van der Waals surface area contributed by atoms with Crippen molar-refractivity contribution in [1.82, 2.24) is 10.4 Å². The number of carbonyl (C=O) groups excluding carboxylic acids is 1. The Morgan fingerprint density at radius 3 is 2.79 bits per heavy atom. The van der Waals surface area contributed by atoms with Gasteiger partial charge in [0.15, 0.2) is 6.10 Å². The predicted octanol–water partition coefficient (Wildman–Crippen LogP) is 3.15. The van der Waals surface area contributed by atoms with Crippen LogP contribution in [0.25, 0.3) is 10.8 Å². The molecule has 3 aromatic rings. The molecule has 0 bridgehead atoms. The van der Waals surface area contributed by atoms with Gasteiger partial charge in [-0.15, -0.1) is 0 Å².